The Morgan fingerprint density at radius 1 is 1.21 bits per heavy atom. The lowest BCUT2D eigenvalue weighted by atomic mass is 10.2. The average molecular weight is 356 g/mol. The summed E-state index contributed by atoms with van der Waals surface area (Å²) in [4.78, 5) is 26.5. The van der Waals surface area contributed by atoms with E-state index in [1.807, 2.05) is 24.5 Å². The van der Waals surface area contributed by atoms with Crippen molar-refractivity contribution in [3.63, 3.8) is 0 Å². The van der Waals surface area contributed by atoms with Crippen molar-refractivity contribution in [2.24, 2.45) is 0 Å². The number of hydrogen-bond donors (Lipinski definition) is 3. The largest absolute Gasteiger partial charge is 0.473 e. The predicted octanol–water partition coefficient (Wildman–Crippen LogP) is 0.495. The molecule has 1 rings (SSSR count). The zero-order valence-corrected chi connectivity index (χ0v) is 14.9. The zero-order chi connectivity index (χ0) is 18.5. The molecule has 3 N–H and O–H groups in total. The van der Waals surface area contributed by atoms with Crippen LogP contribution in [-0.4, -0.2) is 75.8 Å². The molecule has 0 atom stereocenters. The van der Waals surface area contributed by atoms with Gasteiger partial charge in [-0.05, 0) is 50.9 Å². The molecule has 0 bridgehead atoms. The molecule has 0 spiro atoms. The van der Waals surface area contributed by atoms with Crippen molar-refractivity contribution in [3.8, 4) is 0 Å². The lowest BCUT2D eigenvalue weighted by Gasteiger charge is -2.25. The van der Waals surface area contributed by atoms with Crippen LogP contribution in [0.3, 0.4) is 0 Å². The Hall–Kier alpha value is -2.26. The van der Waals surface area contributed by atoms with E-state index in [-0.39, 0.29) is 0 Å². The molecule has 1 aromatic heterocycles. The minimum absolute atomic E-state index is 0.816. The first-order valence-corrected chi connectivity index (χ1v) is 7.71. The second kappa shape index (κ2) is 12.2. The fourth-order valence-corrected chi connectivity index (χ4v) is 1.83. The lowest BCUT2D eigenvalue weighted by molar-refractivity contribution is -0.159. The highest BCUT2D eigenvalue weighted by molar-refractivity contribution is 7.80. The van der Waals surface area contributed by atoms with Crippen molar-refractivity contribution in [2.45, 2.75) is 13.5 Å². The first kappa shape index (κ1) is 21.7. The van der Waals surface area contributed by atoms with Crippen molar-refractivity contribution in [1.82, 2.24) is 20.1 Å². The number of nitrogens with one attached hydrogen (secondary N) is 1. The van der Waals surface area contributed by atoms with E-state index in [0.29, 0.717) is 0 Å². The minimum atomic E-state index is -1.82. The standard InChI is InChI=1S/C13H22N4S.C2H2O4/c1-4-17(11-12-5-7-14-8-6-12)13(18)15-9-10-16(2)3;3-1(4)2(5)6/h5-8H,4,9-11H2,1-3H3,(H,15,18);(H,3,4)(H,5,6). The third-order valence-electron chi connectivity index (χ3n) is 2.81. The van der Waals surface area contributed by atoms with Crippen LogP contribution in [0.25, 0.3) is 0 Å². The zero-order valence-electron chi connectivity index (χ0n) is 14.1. The van der Waals surface area contributed by atoms with Crippen molar-refractivity contribution < 1.29 is 19.8 Å². The van der Waals surface area contributed by atoms with E-state index in [2.05, 4.69) is 41.1 Å². The number of carboxylic acid groups (broad SMARTS) is 2. The molecule has 0 amide bonds. The summed E-state index contributed by atoms with van der Waals surface area (Å²) < 4.78 is 0. The molecule has 1 aromatic rings. The smallest absolute Gasteiger partial charge is 0.414 e. The highest BCUT2D eigenvalue weighted by atomic mass is 32.1. The van der Waals surface area contributed by atoms with Crippen LogP contribution >= 0.6 is 12.2 Å². The predicted molar refractivity (Wildman–Crippen MR) is 94.7 cm³/mol. The number of likely N-dealkylation sites (N-methyl/N-ethyl adjacent to an activating group) is 1. The Balaban J connectivity index is 0.000000754. The molecule has 0 aromatic carbocycles. The second-order valence-electron chi connectivity index (χ2n) is 5.02. The molecule has 24 heavy (non-hydrogen) atoms. The number of rotatable bonds is 6. The number of aliphatic carboxylic acids is 2. The molecule has 0 aliphatic carbocycles. The summed E-state index contributed by atoms with van der Waals surface area (Å²) in [5.41, 5.74) is 1.23. The van der Waals surface area contributed by atoms with Gasteiger partial charge in [0.05, 0.1) is 0 Å². The first-order valence-electron chi connectivity index (χ1n) is 7.30. The van der Waals surface area contributed by atoms with Crippen molar-refractivity contribution in [3.05, 3.63) is 30.1 Å². The quantitative estimate of drug-likeness (QED) is 0.496. The van der Waals surface area contributed by atoms with Gasteiger partial charge in [0.25, 0.3) is 0 Å². The molecular weight excluding hydrogens is 332 g/mol. The molecular formula is C15H24N4O4S. The fraction of sp³-hybridized carbons (Fsp3) is 0.467. The Morgan fingerprint density at radius 3 is 2.17 bits per heavy atom. The number of carbonyl (C=O) groups is 2. The van der Waals surface area contributed by atoms with Crippen molar-refractivity contribution >= 4 is 29.3 Å². The SMILES string of the molecule is CCN(Cc1ccncc1)C(=S)NCCN(C)C.O=C(O)C(=O)O. The van der Waals surface area contributed by atoms with Crippen LogP contribution in [0, 0.1) is 0 Å². The van der Waals surface area contributed by atoms with Gasteiger partial charge >= 0.3 is 11.9 Å². The van der Waals surface area contributed by atoms with E-state index in [1.54, 1.807) is 0 Å². The summed E-state index contributed by atoms with van der Waals surface area (Å²) in [6.07, 6.45) is 3.62. The van der Waals surface area contributed by atoms with E-state index in [4.69, 9.17) is 32.0 Å². The summed E-state index contributed by atoms with van der Waals surface area (Å²) in [5.74, 6) is -3.65. The number of pyridine rings is 1. The second-order valence-corrected chi connectivity index (χ2v) is 5.40. The summed E-state index contributed by atoms with van der Waals surface area (Å²) in [5, 5.41) is 18.9. The van der Waals surface area contributed by atoms with E-state index < -0.39 is 11.9 Å². The summed E-state index contributed by atoms with van der Waals surface area (Å²) in [6, 6.07) is 4.04. The Labute approximate surface area is 147 Å². The topological polar surface area (TPSA) is 106 Å². The number of aromatic nitrogens is 1. The molecule has 0 saturated carbocycles. The van der Waals surface area contributed by atoms with Crippen LogP contribution in [0.2, 0.25) is 0 Å². The Bertz CT molecular complexity index is 513. The van der Waals surface area contributed by atoms with Gasteiger partial charge in [0, 0.05) is 38.6 Å². The van der Waals surface area contributed by atoms with Gasteiger partial charge in [0.2, 0.25) is 0 Å². The van der Waals surface area contributed by atoms with Crippen LogP contribution in [0.15, 0.2) is 24.5 Å². The molecule has 0 fully saturated rings. The number of hydrogen-bond acceptors (Lipinski definition) is 5. The van der Waals surface area contributed by atoms with Gasteiger partial charge in [0.15, 0.2) is 5.11 Å². The molecule has 0 aliphatic heterocycles. The summed E-state index contributed by atoms with van der Waals surface area (Å²) in [7, 11) is 4.11. The normalized spacial score (nSPS) is 9.67. The van der Waals surface area contributed by atoms with E-state index in [0.717, 1.165) is 31.3 Å². The highest BCUT2D eigenvalue weighted by Gasteiger charge is 2.07. The van der Waals surface area contributed by atoms with Gasteiger partial charge in [-0.15, -0.1) is 0 Å². The monoisotopic (exact) mass is 356 g/mol. The number of thiocarbonyl (C=S) groups is 1. The van der Waals surface area contributed by atoms with Gasteiger partial charge in [-0.1, -0.05) is 0 Å². The van der Waals surface area contributed by atoms with Crippen LogP contribution < -0.4 is 5.32 Å². The molecule has 0 aliphatic rings. The van der Waals surface area contributed by atoms with Crippen LogP contribution in [-0.2, 0) is 16.1 Å². The third-order valence-corrected chi connectivity index (χ3v) is 3.21. The Morgan fingerprint density at radius 2 is 1.75 bits per heavy atom. The third kappa shape index (κ3) is 10.5. The van der Waals surface area contributed by atoms with E-state index >= 15 is 0 Å². The molecule has 0 unspecified atom stereocenters. The minimum Gasteiger partial charge on any atom is -0.473 e. The molecule has 8 nitrogen and oxygen atoms in total. The van der Waals surface area contributed by atoms with Crippen LogP contribution in [0.1, 0.15) is 12.5 Å². The van der Waals surface area contributed by atoms with Gasteiger partial charge in [-0.3, -0.25) is 4.98 Å². The molecule has 0 radical (unpaired) electrons. The Kier molecular flexibility index (Phi) is 11.0. The lowest BCUT2D eigenvalue weighted by Crippen LogP contribution is -2.41. The van der Waals surface area contributed by atoms with Gasteiger partial charge in [-0.2, -0.15) is 0 Å². The van der Waals surface area contributed by atoms with E-state index in [9.17, 15) is 0 Å². The van der Waals surface area contributed by atoms with Crippen molar-refractivity contribution in [2.75, 3.05) is 33.7 Å². The van der Waals surface area contributed by atoms with E-state index in [1.165, 1.54) is 5.56 Å². The summed E-state index contributed by atoms with van der Waals surface area (Å²) >= 11 is 5.41. The highest BCUT2D eigenvalue weighted by Crippen LogP contribution is 2.03. The summed E-state index contributed by atoms with van der Waals surface area (Å²) in [6.45, 7) is 5.69. The maximum absolute atomic E-state index is 9.10. The molecule has 9 heteroatoms. The van der Waals surface area contributed by atoms with Gasteiger partial charge in [0.1, 0.15) is 0 Å². The number of carboxylic acids is 2. The maximum Gasteiger partial charge on any atom is 0.414 e. The van der Waals surface area contributed by atoms with Crippen LogP contribution in [0.5, 0.6) is 0 Å². The molecule has 134 valence electrons. The first-order chi connectivity index (χ1) is 11.3. The molecule has 1 heterocycles. The number of nitrogens with zero attached hydrogens (tertiary/aromatic N) is 3. The average Bonchev–Trinajstić information content (AvgIpc) is 2.53. The van der Waals surface area contributed by atoms with Crippen LogP contribution in [0.4, 0.5) is 0 Å². The van der Waals surface area contributed by atoms with Gasteiger partial charge in [-0.25, -0.2) is 9.59 Å². The molecule has 0 saturated heterocycles. The van der Waals surface area contributed by atoms with Crippen molar-refractivity contribution in [1.29, 1.82) is 0 Å². The maximum atomic E-state index is 9.10. The van der Waals surface area contributed by atoms with Gasteiger partial charge < -0.3 is 25.3 Å². The fourth-order valence-electron chi connectivity index (χ4n) is 1.53.